The number of hydrogen-bond acceptors (Lipinski definition) is 2. The maximum atomic E-state index is 6.03. The molecule has 1 nitrogen and oxygen atoms in total. The largest absolute Gasteiger partial charge is 0.445 e. The van der Waals surface area contributed by atoms with E-state index in [1.165, 1.54) is 0 Å². The Balaban J connectivity index is 2.01. The van der Waals surface area contributed by atoms with Crippen LogP contribution < -0.4 is 0 Å². The van der Waals surface area contributed by atoms with Gasteiger partial charge in [-0.05, 0) is 35.0 Å². The second-order valence-electron chi connectivity index (χ2n) is 5.78. The van der Waals surface area contributed by atoms with Crippen LogP contribution in [0.4, 0.5) is 0 Å². The van der Waals surface area contributed by atoms with Crippen molar-refractivity contribution in [1.82, 2.24) is 0 Å². The predicted molar refractivity (Wildman–Crippen MR) is 106 cm³/mol. The van der Waals surface area contributed by atoms with Crippen LogP contribution in [0.2, 0.25) is 0 Å². The quantitative estimate of drug-likeness (QED) is 0.372. The molecule has 0 radical (unpaired) electrons. The second kappa shape index (κ2) is 6.88. The van der Waals surface area contributed by atoms with Gasteiger partial charge in [-0.15, -0.1) is 0 Å². The Morgan fingerprint density at radius 2 is 1.04 bits per heavy atom. The third kappa shape index (κ3) is 3.17. The molecule has 0 aliphatic heterocycles. The zero-order valence-corrected chi connectivity index (χ0v) is 14.4. The first-order chi connectivity index (χ1) is 12.3. The van der Waals surface area contributed by atoms with Crippen molar-refractivity contribution in [1.29, 1.82) is 0 Å². The van der Waals surface area contributed by atoms with Crippen LogP contribution in [0.3, 0.4) is 0 Å². The summed E-state index contributed by atoms with van der Waals surface area (Å²) in [5, 5.41) is 0. The molecule has 1 aromatic heterocycles. The molecule has 0 fully saturated rings. The Morgan fingerprint density at radius 3 is 1.60 bits per heavy atom. The minimum Gasteiger partial charge on any atom is -0.445 e. The fraction of sp³-hybridized carbons (Fsp3) is 0. The fourth-order valence-corrected chi connectivity index (χ4v) is 3.28. The van der Waals surface area contributed by atoms with Crippen molar-refractivity contribution in [2.75, 3.05) is 0 Å². The van der Waals surface area contributed by atoms with E-state index in [9.17, 15) is 0 Å². The minimum atomic E-state index is 0.506. The number of benzene rings is 3. The van der Waals surface area contributed by atoms with Gasteiger partial charge in [-0.3, -0.25) is 0 Å². The summed E-state index contributed by atoms with van der Waals surface area (Å²) in [7, 11) is 0. The Labute approximate surface area is 152 Å². The van der Waals surface area contributed by atoms with Crippen molar-refractivity contribution in [2.45, 2.75) is 0 Å². The molecule has 0 unspecified atom stereocenters. The SMILES string of the molecule is S=c1oc(-c2ccccc2)cc(-c2ccccc2)c1-c1ccccc1. The molecule has 0 N–H and O–H groups in total. The summed E-state index contributed by atoms with van der Waals surface area (Å²) in [6.45, 7) is 0. The lowest BCUT2D eigenvalue weighted by atomic mass is 9.95. The fourth-order valence-electron chi connectivity index (χ4n) is 2.96. The van der Waals surface area contributed by atoms with Crippen molar-refractivity contribution in [2.24, 2.45) is 0 Å². The molecular weight excluding hydrogens is 324 g/mol. The molecule has 0 aliphatic rings. The number of hydrogen-bond donors (Lipinski definition) is 0. The van der Waals surface area contributed by atoms with E-state index in [4.69, 9.17) is 16.6 Å². The van der Waals surface area contributed by atoms with Gasteiger partial charge in [-0.25, -0.2) is 0 Å². The lowest BCUT2D eigenvalue weighted by Crippen LogP contribution is -1.89. The lowest BCUT2D eigenvalue weighted by Gasteiger charge is -2.12. The summed E-state index contributed by atoms with van der Waals surface area (Å²) in [6, 6.07) is 32.6. The zero-order chi connectivity index (χ0) is 17.1. The molecule has 1 heterocycles. The summed E-state index contributed by atoms with van der Waals surface area (Å²) in [5.74, 6) is 0.782. The topological polar surface area (TPSA) is 13.1 Å². The van der Waals surface area contributed by atoms with Crippen LogP contribution in [0.1, 0.15) is 0 Å². The van der Waals surface area contributed by atoms with E-state index >= 15 is 0 Å². The third-order valence-corrected chi connectivity index (χ3v) is 4.44. The first-order valence-electron chi connectivity index (χ1n) is 8.17. The van der Waals surface area contributed by atoms with Crippen LogP contribution >= 0.6 is 12.2 Å². The molecule has 0 atom stereocenters. The molecule has 120 valence electrons. The highest BCUT2D eigenvalue weighted by Gasteiger charge is 2.14. The zero-order valence-electron chi connectivity index (χ0n) is 13.6. The Kier molecular flexibility index (Phi) is 4.28. The van der Waals surface area contributed by atoms with Crippen molar-refractivity contribution >= 4 is 12.2 Å². The van der Waals surface area contributed by atoms with Gasteiger partial charge in [0.05, 0.1) is 0 Å². The molecule has 0 saturated carbocycles. The summed E-state index contributed by atoms with van der Waals surface area (Å²) >= 11 is 5.64. The standard InChI is InChI=1S/C23H16OS/c25-23-22(19-14-8-3-9-15-19)20(17-10-4-1-5-11-17)16-21(24-23)18-12-6-2-7-13-18/h1-16H. The summed E-state index contributed by atoms with van der Waals surface area (Å²) in [4.78, 5) is 0. The second-order valence-corrected chi connectivity index (χ2v) is 6.16. The van der Waals surface area contributed by atoms with Gasteiger partial charge in [-0.1, -0.05) is 91.0 Å². The first kappa shape index (κ1) is 15.6. The predicted octanol–water partition coefficient (Wildman–Crippen LogP) is 7.01. The molecule has 0 spiro atoms. The summed E-state index contributed by atoms with van der Waals surface area (Å²) < 4.78 is 6.53. The highest BCUT2D eigenvalue weighted by molar-refractivity contribution is 7.71. The van der Waals surface area contributed by atoms with Crippen LogP contribution in [0, 0.1) is 4.71 Å². The van der Waals surface area contributed by atoms with E-state index in [2.05, 4.69) is 30.3 Å². The molecule has 4 rings (SSSR count). The van der Waals surface area contributed by atoms with Crippen LogP contribution in [-0.4, -0.2) is 0 Å². The Bertz CT molecular complexity index is 1040. The van der Waals surface area contributed by atoms with Gasteiger partial charge in [0.15, 0.2) is 4.71 Å². The average Bonchev–Trinajstić information content (AvgIpc) is 2.69. The van der Waals surface area contributed by atoms with E-state index in [0.29, 0.717) is 4.71 Å². The summed E-state index contributed by atoms with van der Waals surface area (Å²) in [6.07, 6.45) is 0. The smallest absolute Gasteiger partial charge is 0.199 e. The van der Waals surface area contributed by atoms with E-state index in [-0.39, 0.29) is 0 Å². The van der Waals surface area contributed by atoms with Gasteiger partial charge in [-0.2, -0.15) is 0 Å². The van der Waals surface area contributed by atoms with Crippen molar-refractivity contribution in [3.63, 3.8) is 0 Å². The van der Waals surface area contributed by atoms with E-state index < -0.39 is 0 Å². The molecule has 3 aromatic carbocycles. The van der Waals surface area contributed by atoms with Gasteiger partial charge >= 0.3 is 0 Å². The summed E-state index contributed by atoms with van der Waals surface area (Å²) in [5.41, 5.74) is 5.25. The van der Waals surface area contributed by atoms with Gasteiger partial charge in [0.1, 0.15) is 5.76 Å². The molecule has 0 aliphatic carbocycles. The van der Waals surface area contributed by atoms with E-state index in [1.807, 2.05) is 66.7 Å². The van der Waals surface area contributed by atoms with E-state index in [1.54, 1.807) is 0 Å². The number of rotatable bonds is 3. The van der Waals surface area contributed by atoms with Gasteiger partial charge in [0.2, 0.25) is 0 Å². The highest BCUT2D eigenvalue weighted by Crippen LogP contribution is 2.36. The van der Waals surface area contributed by atoms with Gasteiger partial charge < -0.3 is 4.42 Å². The average molecular weight is 340 g/mol. The molecule has 25 heavy (non-hydrogen) atoms. The third-order valence-electron chi connectivity index (χ3n) is 4.16. The molecule has 0 bridgehead atoms. The van der Waals surface area contributed by atoms with Crippen molar-refractivity contribution < 1.29 is 4.42 Å². The maximum Gasteiger partial charge on any atom is 0.199 e. The van der Waals surface area contributed by atoms with Crippen LogP contribution in [0.5, 0.6) is 0 Å². The Morgan fingerprint density at radius 1 is 0.560 bits per heavy atom. The van der Waals surface area contributed by atoms with Crippen LogP contribution in [0.25, 0.3) is 33.6 Å². The Hall–Kier alpha value is -2.97. The molecule has 2 heteroatoms. The minimum absolute atomic E-state index is 0.506. The first-order valence-corrected chi connectivity index (χ1v) is 8.58. The van der Waals surface area contributed by atoms with Crippen molar-refractivity contribution in [3.05, 3.63) is 102 Å². The molecular formula is C23H16OS. The molecule has 0 amide bonds. The molecule has 4 aromatic rings. The lowest BCUT2D eigenvalue weighted by molar-refractivity contribution is 0.552. The van der Waals surface area contributed by atoms with E-state index in [0.717, 1.165) is 33.6 Å². The van der Waals surface area contributed by atoms with Crippen molar-refractivity contribution in [3.8, 4) is 33.6 Å². The normalized spacial score (nSPS) is 10.6. The maximum absolute atomic E-state index is 6.03. The van der Waals surface area contributed by atoms with Crippen LogP contribution in [0.15, 0.2) is 101 Å². The highest BCUT2D eigenvalue weighted by atomic mass is 32.1. The van der Waals surface area contributed by atoms with Gasteiger partial charge in [0.25, 0.3) is 0 Å². The van der Waals surface area contributed by atoms with Crippen LogP contribution in [-0.2, 0) is 0 Å². The van der Waals surface area contributed by atoms with Gasteiger partial charge in [0, 0.05) is 11.1 Å². The monoisotopic (exact) mass is 340 g/mol. The molecule has 0 saturated heterocycles.